The summed E-state index contributed by atoms with van der Waals surface area (Å²) in [6.45, 7) is 5.58. The fraction of sp³-hybridized carbons (Fsp3) is 0.412. The topological polar surface area (TPSA) is 52.6 Å². The van der Waals surface area contributed by atoms with E-state index in [9.17, 15) is 9.59 Å². The lowest BCUT2D eigenvalue weighted by atomic mass is 9.88. The Balaban J connectivity index is 2.50. The summed E-state index contributed by atoms with van der Waals surface area (Å²) in [5, 5.41) is 0. The smallest absolute Gasteiger partial charge is 0.303 e. The fourth-order valence-electron chi connectivity index (χ4n) is 2.78. The van der Waals surface area contributed by atoms with Gasteiger partial charge in [-0.25, -0.2) is 0 Å². The van der Waals surface area contributed by atoms with Crippen LogP contribution in [0, 0.1) is 0 Å². The lowest BCUT2D eigenvalue weighted by Crippen LogP contribution is -2.37. The van der Waals surface area contributed by atoms with Gasteiger partial charge in [-0.15, -0.1) is 0 Å². The van der Waals surface area contributed by atoms with Gasteiger partial charge in [0.05, 0.1) is 13.0 Å². The Labute approximate surface area is 124 Å². The van der Waals surface area contributed by atoms with Crippen LogP contribution in [0.25, 0.3) is 0 Å². The normalized spacial score (nSPS) is 21.6. The highest BCUT2D eigenvalue weighted by Crippen LogP contribution is 2.44. The van der Waals surface area contributed by atoms with Gasteiger partial charge in [0.15, 0.2) is 0 Å². The average molecular weight is 288 g/mol. The summed E-state index contributed by atoms with van der Waals surface area (Å²) in [5.74, 6) is -0.00893. The van der Waals surface area contributed by atoms with Gasteiger partial charge in [0.1, 0.15) is 5.76 Å². The van der Waals surface area contributed by atoms with Gasteiger partial charge >= 0.3 is 5.97 Å². The number of carbonyl (C=O) groups is 2. The van der Waals surface area contributed by atoms with Crippen molar-refractivity contribution in [3.05, 3.63) is 47.2 Å². The van der Waals surface area contributed by atoms with Crippen molar-refractivity contribution in [2.45, 2.75) is 39.2 Å². The zero-order chi connectivity index (χ0) is 15.5. The minimum atomic E-state index is -1.27. The van der Waals surface area contributed by atoms with Crippen LogP contribution in [-0.2, 0) is 24.7 Å². The van der Waals surface area contributed by atoms with E-state index in [0.717, 1.165) is 0 Å². The van der Waals surface area contributed by atoms with Crippen LogP contribution in [0.3, 0.4) is 0 Å². The van der Waals surface area contributed by atoms with E-state index in [-0.39, 0.29) is 12.2 Å². The number of ketones is 1. The fourth-order valence-corrected chi connectivity index (χ4v) is 2.78. The Morgan fingerprint density at radius 3 is 2.43 bits per heavy atom. The first kappa shape index (κ1) is 15.3. The van der Waals surface area contributed by atoms with Crippen molar-refractivity contribution in [3.8, 4) is 0 Å². The van der Waals surface area contributed by atoms with E-state index in [1.54, 1.807) is 0 Å². The van der Waals surface area contributed by atoms with Crippen LogP contribution in [0.2, 0.25) is 0 Å². The molecule has 0 N–H and O–H groups in total. The monoisotopic (exact) mass is 288 g/mol. The SMILES string of the molecule is CCOC1=C(CC)C(=O)C(OC(C)=O)(c2ccccc2)C1. The number of Topliss-reactive ketones (excluding diaryl/α,β-unsaturated/α-hetero) is 1. The van der Waals surface area contributed by atoms with Gasteiger partial charge in [0, 0.05) is 18.1 Å². The summed E-state index contributed by atoms with van der Waals surface area (Å²) in [7, 11) is 0. The Bertz CT molecular complexity index is 574. The van der Waals surface area contributed by atoms with Crippen LogP contribution < -0.4 is 0 Å². The first-order valence-electron chi connectivity index (χ1n) is 7.19. The van der Waals surface area contributed by atoms with Crippen LogP contribution >= 0.6 is 0 Å². The minimum Gasteiger partial charge on any atom is -0.498 e. The minimum absolute atomic E-state index is 0.171. The standard InChI is InChI=1S/C17H20O4/c1-4-14-15(20-5-2)11-17(16(14)19,21-12(3)18)13-9-7-6-8-10-13/h6-10H,4-5,11H2,1-3H3. The van der Waals surface area contributed by atoms with Crippen molar-refractivity contribution >= 4 is 11.8 Å². The molecule has 4 nitrogen and oxygen atoms in total. The van der Waals surface area contributed by atoms with Crippen molar-refractivity contribution in [3.63, 3.8) is 0 Å². The number of esters is 1. The summed E-state index contributed by atoms with van der Waals surface area (Å²) in [4.78, 5) is 24.4. The average Bonchev–Trinajstić information content (AvgIpc) is 2.73. The van der Waals surface area contributed by atoms with E-state index < -0.39 is 11.6 Å². The van der Waals surface area contributed by atoms with E-state index in [4.69, 9.17) is 9.47 Å². The lowest BCUT2D eigenvalue weighted by Gasteiger charge is -2.28. The first-order chi connectivity index (χ1) is 10.0. The third-order valence-corrected chi connectivity index (χ3v) is 3.62. The Hall–Kier alpha value is -2.10. The van der Waals surface area contributed by atoms with Crippen molar-refractivity contribution in [1.29, 1.82) is 0 Å². The largest absolute Gasteiger partial charge is 0.498 e. The summed E-state index contributed by atoms with van der Waals surface area (Å²) >= 11 is 0. The molecule has 0 aliphatic heterocycles. The Morgan fingerprint density at radius 2 is 1.90 bits per heavy atom. The highest BCUT2D eigenvalue weighted by atomic mass is 16.6. The highest BCUT2D eigenvalue weighted by molar-refractivity contribution is 6.06. The molecule has 0 heterocycles. The maximum Gasteiger partial charge on any atom is 0.303 e. The predicted molar refractivity (Wildman–Crippen MR) is 78.5 cm³/mol. The maximum absolute atomic E-state index is 12.9. The third kappa shape index (κ3) is 2.71. The molecule has 0 fully saturated rings. The van der Waals surface area contributed by atoms with E-state index >= 15 is 0 Å². The van der Waals surface area contributed by atoms with Gasteiger partial charge in [-0.3, -0.25) is 9.59 Å². The second-order valence-electron chi connectivity index (χ2n) is 4.98. The molecule has 1 unspecified atom stereocenters. The molecule has 1 aromatic rings. The van der Waals surface area contributed by atoms with Gasteiger partial charge in [-0.2, -0.15) is 0 Å². The van der Waals surface area contributed by atoms with Crippen LogP contribution in [0.4, 0.5) is 0 Å². The second-order valence-corrected chi connectivity index (χ2v) is 4.98. The van der Waals surface area contributed by atoms with E-state index in [0.29, 0.717) is 29.9 Å². The summed E-state index contributed by atoms with van der Waals surface area (Å²) in [5.41, 5.74) is 0.0240. The molecule has 0 bridgehead atoms. The van der Waals surface area contributed by atoms with Gasteiger partial charge < -0.3 is 9.47 Å². The molecule has 0 spiro atoms. The summed E-state index contributed by atoms with van der Waals surface area (Å²) < 4.78 is 11.1. The summed E-state index contributed by atoms with van der Waals surface area (Å²) in [6.07, 6.45) is 0.830. The quantitative estimate of drug-likeness (QED) is 0.781. The van der Waals surface area contributed by atoms with Crippen LogP contribution in [0.1, 0.15) is 39.2 Å². The Kier molecular flexibility index (Phi) is 4.46. The molecule has 21 heavy (non-hydrogen) atoms. The summed E-state index contributed by atoms with van der Waals surface area (Å²) in [6, 6.07) is 9.14. The number of ether oxygens (including phenoxy) is 2. The molecule has 0 amide bonds. The molecule has 1 aromatic carbocycles. The van der Waals surface area contributed by atoms with Crippen molar-refractivity contribution in [2.24, 2.45) is 0 Å². The van der Waals surface area contributed by atoms with Crippen LogP contribution in [0.5, 0.6) is 0 Å². The van der Waals surface area contributed by atoms with Crippen molar-refractivity contribution < 1.29 is 19.1 Å². The molecule has 1 aliphatic rings. The number of hydrogen-bond acceptors (Lipinski definition) is 4. The molecule has 0 saturated heterocycles. The molecule has 0 aromatic heterocycles. The molecular weight excluding hydrogens is 268 g/mol. The van der Waals surface area contributed by atoms with E-state index in [2.05, 4.69) is 0 Å². The van der Waals surface area contributed by atoms with Gasteiger partial charge in [0.25, 0.3) is 0 Å². The van der Waals surface area contributed by atoms with Crippen molar-refractivity contribution in [1.82, 2.24) is 0 Å². The van der Waals surface area contributed by atoms with Gasteiger partial charge in [0.2, 0.25) is 11.4 Å². The number of hydrogen-bond donors (Lipinski definition) is 0. The molecule has 2 rings (SSSR count). The highest BCUT2D eigenvalue weighted by Gasteiger charge is 2.51. The van der Waals surface area contributed by atoms with E-state index in [1.165, 1.54) is 6.92 Å². The predicted octanol–water partition coefficient (Wildman–Crippen LogP) is 3.12. The first-order valence-corrected chi connectivity index (χ1v) is 7.19. The second kappa shape index (κ2) is 6.12. The van der Waals surface area contributed by atoms with Crippen LogP contribution in [-0.4, -0.2) is 18.4 Å². The third-order valence-electron chi connectivity index (χ3n) is 3.62. The van der Waals surface area contributed by atoms with Gasteiger partial charge in [-0.1, -0.05) is 37.3 Å². The molecule has 0 saturated carbocycles. The molecule has 1 aliphatic carbocycles. The van der Waals surface area contributed by atoms with Gasteiger partial charge in [-0.05, 0) is 13.3 Å². The zero-order valence-corrected chi connectivity index (χ0v) is 12.6. The number of carbonyl (C=O) groups excluding carboxylic acids is 2. The molecular formula is C17H20O4. The maximum atomic E-state index is 12.9. The van der Waals surface area contributed by atoms with E-state index in [1.807, 2.05) is 44.2 Å². The molecule has 1 atom stereocenters. The number of rotatable bonds is 5. The zero-order valence-electron chi connectivity index (χ0n) is 12.6. The lowest BCUT2D eigenvalue weighted by molar-refractivity contribution is -0.164. The molecule has 0 radical (unpaired) electrons. The molecule has 4 heteroatoms. The molecule has 112 valence electrons. The van der Waals surface area contributed by atoms with Crippen LogP contribution in [0.15, 0.2) is 41.7 Å². The Morgan fingerprint density at radius 1 is 1.24 bits per heavy atom. The number of benzene rings is 1. The van der Waals surface area contributed by atoms with Crippen molar-refractivity contribution in [2.75, 3.05) is 6.61 Å².